The molecule has 1 fully saturated rings. The van der Waals surface area contributed by atoms with Gasteiger partial charge >= 0.3 is 0 Å². The van der Waals surface area contributed by atoms with Crippen molar-refractivity contribution in [1.29, 1.82) is 0 Å². The molecule has 0 radical (unpaired) electrons. The summed E-state index contributed by atoms with van der Waals surface area (Å²) in [6.45, 7) is 9.20. The number of amides is 1. The Hall–Kier alpha value is -1.55. The molecule has 0 aliphatic carbocycles. The second-order valence-electron chi connectivity index (χ2n) is 6.35. The number of ether oxygens (including phenoxy) is 1. The summed E-state index contributed by atoms with van der Waals surface area (Å²) in [7, 11) is 0. The van der Waals surface area contributed by atoms with Gasteiger partial charge in [-0.25, -0.2) is 0 Å². The number of hydrogen-bond acceptors (Lipinski definition) is 3. The van der Waals surface area contributed by atoms with Crippen molar-refractivity contribution in [2.45, 2.75) is 52.2 Å². The van der Waals surface area contributed by atoms with E-state index in [-0.39, 0.29) is 12.0 Å². The van der Waals surface area contributed by atoms with Crippen molar-refractivity contribution in [3.05, 3.63) is 29.8 Å². The number of rotatable bonds is 7. The molecular weight excluding hydrogens is 276 g/mol. The van der Waals surface area contributed by atoms with Gasteiger partial charge in [-0.05, 0) is 52.8 Å². The minimum absolute atomic E-state index is 0.0610. The zero-order valence-corrected chi connectivity index (χ0v) is 14.0. The first-order chi connectivity index (χ1) is 10.6. The third kappa shape index (κ3) is 5.02. The summed E-state index contributed by atoms with van der Waals surface area (Å²) >= 11 is 0. The Labute approximate surface area is 133 Å². The maximum atomic E-state index is 12.2. The molecule has 0 aromatic heterocycles. The highest BCUT2D eigenvalue weighted by Crippen LogP contribution is 2.20. The SMILES string of the molecule is CC(C)Oc1ccccc1CC(=O)NC[C@@H](C)N1CCCC1. The summed E-state index contributed by atoms with van der Waals surface area (Å²) in [5.74, 6) is 0.867. The quantitative estimate of drug-likeness (QED) is 0.842. The molecule has 1 aliphatic heterocycles. The Bertz CT molecular complexity index is 482. The summed E-state index contributed by atoms with van der Waals surface area (Å²) in [5, 5.41) is 3.05. The van der Waals surface area contributed by atoms with Crippen molar-refractivity contribution in [3.8, 4) is 5.75 Å². The van der Waals surface area contributed by atoms with Crippen LogP contribution in [-0.4, -0.2) is 42.6 Å². The van der Waals surface area contributed by atoms with E-state index in [1.165, 1.54) is 12.8 Å². The molecule has 22 heavy (non-hydrogen) atoms. The van der Waals surface area contributed by atoms with Crippen LogP contribution in [0.15, 0.2) is 24.3 Å². The minimum Gasteiger partial charge on any atom is -0.491 e. The molecule has 0 unspecified atom stereocenters. The third-order valence-electron chi connectivity index (χ3n) is 4.04. The molecule has 1 N–H and O–H groups in total. The maximum absolute atomic E-state index is 12.2. The van der Waals surface area contributed by atoms with Crippen LogP contribution in [0.1, 0.15) is 39.2 Å². The largest absolute Gasteiger partial charge is 0.491 e. The van der Waals surface area contributed by atoms with Crippen LogP contribution < -0.4 is 10.1 Å². The predicted molar refractivity (Wildman–Crippen MR) is 89.2 cm³/mol. The number of carbonyl (C=O) groups is 1. The average Bonchev–Trinajstić information content (AvgIpc) is 3.00. The Kier molecular flexibility index (Phi) is 6.25. The molecule has 2 rings (SSSR count). The predicted octanol–water partition coefficient (Wildman–Crippen LogP) is 2.62. The van der Waals surface area contributed by atoms with Crippen molar-refractivity contribution in [3.63, 3.8) is 0 Å². The molecule has 4 nitrogen and oxygen atoms in total. The molecule has 1 aromatic carbocycles. The van der Waals surface area contributed by atoms with E-state index in [0.717, 1.165) is 24.4 Å². The van der Waals surface area contributed by atoms with E-state index in [0.29, 0.717) is 19.0 Å². The third-order valence-corrected chi connectivity index (χ3v) is 4.04. The fourth-order valence-electron chi connectivity index (χ4n) is 2.83. The van der Waals surface area contributed by atoms with Gasteiger partial charge in [0, 0.05) is 18.2 Å². The number of para-hydroxylation sites is 1. The number of nitrogens with zero attached hydrogens (tertiary/aromatic N) is 1. The summed E-state index contributed by atoms with van der Waals surface area (Å²) in [4.78, 5) is 14.6. The lowest BCUT2D eigenvalue weighted by Crippen LogP contribution is -2.41. The van der Waals surface area contributed by atoms with E-state index in [9.17, 15) is 4.79 Å². The molecule has 0 bridgehead atoms. The van der Waals surface area contributed by atoms with Crippen LogP contribution in [0.5, 0.6) is 5.75 Å². The van der Waals surface area contributed by atoms with E-state index in [4.69, 9.17) is 4.74 Å². The van der Waals surface area contributed by atoms with Crippen molar-refractivity contribution in [1.82, 2.24) is 10.2 Å². The number of nitrogens with one attached hydrogen (secondary N) is 1. The standard InChI is InChI=1S/C18H28N2O2/c1-14(2)22-17-9-5-4-8-16(17)12-18(21)19-13-15(3)20-10-6-7-11-20/h4-5,8-9,14-15H,6-7,10-13H2,1-3H3,(H,19,21)/t15-/m1/s1. The monoisotopic (exact) mass is 304 g/mol. The highest BCUT2D eigenvalue weighted by Gasteiger charge is 2.18. The van der Waals surface area contributed by atoms with Crippen molar-refractivity contribution in [2.75, 3.05) is 19.6 Å². The van der Waals surface area contributed by atoms with E-state index >= 15 is 0 Å². The minimum atomic E-state index is 0.0610. The lowest BCUT2D eigenvalue weighted by atomic mass is 10.1. The first-order valence-corrected chi connectivity index (χ1v) is 8.31. The number of carbonyl (C=O) groups excluding carboxylic acids is 1. The van der Waals surface area contributed by atoms with Crippen molar-refractivity contribution in [2.24, 2.45) is 0 Å². The van der Waals surface area contributed by atoms with Gasteiger partial charge in [-0.15, -0.1) is 0 Å². The zero-order chi connectivity index (χ0) is 15.9. The zero-order valence-electron chi connectivity index (χ0n) is 14.0. The topological polar surface area (TPSA) is 41.6 Å². The van der Waals surface area contributed by atoms with Gasteiger partial charge in [0.15, 0.2) is 0 Å². The van der Waals surface area contributed by atoms with Gasteiger partial charge in [0.25, 0.3) is 0 Å². The van der Waals surface area contributed by atoms with Crippen LogP contribution in [0.4, 0.5) is 0 Å². The maximum Gasteiger partial charge on any atom is 0.224 e. The molecule has 0 spiro atoms. The molecule has 1 amide bonds. The number of hydrogen-bond donors (Lipinski definition) is 1. The smallest absolute Gasteiger partial charge is 0.224 e. The Morgan fingerprint density at radius 1 is 1.23 bits per heavy atom. The van der Waals surface area contributed by atoms with Crippen LogP contribution in [0.2, 0.25) is 0 Å². The first kappa shape index (κ1) is 16.8. The van der Waals surface area contributed by atoms with Crippen LogP contribution in [0, 0.1) is 0 Å². The lowest BCUT2D eigenvalue weighted by Gasteiger charge is -2.24. The van der Waals surface area contributed by atoms with E-state index in [1.807, 2.05) is 38.1 Å². The van der Waals surface area contributed by atoms with Crippen molar-refractivity contribution >= 4 is 5.91 Å². The van der Waals surface area contributed by atoms with Crippen LogP contribution >= 0.6 is 0 Å². The summed E-state index contributed by atoms with van der Waals surface area (Å²) in [6, 6.07) is 8.18. The highest BCUT2D eigenvalue weighted by molar-refractivity contribution is 5.79. The second kappa shape index (κ2) is 8.18. The normalized spacial score (nSPS) is 16.7. The molecule has 0 saturated carbocycles. The number of likely N-dealkylation sites (tertiary alicyclic amines) is 1. The van der Waals surface area contributed by atoms with E-state index < -0.39 is 0 Å². The van der Waals surface area contributed by atoms with Crippen LogP contribution in [0.3, 0.4) is 0 Å². The van der Waals surface area contributed by atoms with Gasteiger partial charge in [-0.1, -0.05) is 18.2 Å². The van der Waals surface area contributed by atoms with Gasteiger partial charge in [-0.3, -0.25) is 9.69 Å². The highest BCUT2D eigenvalue weighted by atomic mass is 16.5. The molecule has 1 atom stereocenters. The average molecular weight is 304 g/mol. The lowest BCUT2D eigenvalue weighted by molar-refractivity contribution is -0.120. The van der Waals surface area contributed by atoms with Gasteiger partial charge in [-0.2, -0.15) is 0 Å². The number of benzene rings is 1. The van der Waals surface area contributed by atoms with Crippen LogP contribution in [-0.2, 0) is 11.2 Å². The fourth-order valence-corrected chi connectivity index (χ4v) is 2.83. The first-order valence-electron chi connectivity index (χ1n) is 8.31. The molecule has 4 heteroatoms. The summed E-state index contributed by atoms with van der Waals surface area (Å²) in [5.41, 5.74) is 0.947. The van der Waals surface area contributed by atoms with Gasteiger partial charge in [0.1, 0.15) is 5.75 Å². The Balaban J connectivity index is 1.84. The van der Waals surface area contributed by atoms with Crippen LogP contribution in [0.25, 0.3) is 0 Å². The molecule has 1 aliphatic rings. The fraction of sp³-hybridized carbons (Fsp3) is 0.611. The van der Waals surface area contributed by atoms with Gasteiger partial charge in [0.05, 0.1) is 12.5 Å². The van der Waals surface area contributed by atoms with Crippen molar-refractivity contribution < 1.29 is 9.53 Å². The molecule has 122 valence electrons. The summed E-state index contributed by atoms with van der Waals surface area (Å²) < 4.78 is 5.76. The molecule has 1 heterocycles. The van der Waals surface area contributed by atoms with E-state index in [2.05, 4.69) is 17.1 Å². The Morgan fingerprint density at radius 2 is 1.91 bits per heavy atom. The Morgan fingerprint density at radius 3 is 2.59 bits per heavy atom. The molecular formula is C18H28N2O2. The van der Waals surface area contributed by atoms with Gasteiger partial charge < -0.3 is 10.1 Å². The van der Waals surface area contributed by atoms with E-state index in [1.54, 1.807) is 0 Å². The second-order valence-corrected chi connectivity index (χ2v) is 6.35. The molecule has 1 saturated heterocycles. The van der Waals surface area contributed by atoms with Gasteiger partial charge in [0.2, 0.25) is 5.91 Å². The molecule has 1 aromatic rings. The summed E-state index contributed by atoms with van der Waals surface area (Å²) in [6.07, 6.45) is 3.03.